The molecule has 3 aromatic carbocycles. The second kappa shape index (κ2) is 9.96. The quantitative estimate of drug-likeness (QED) is 0.227. The van der Waals surface area contributed by atoms with Gasteiger partial charge in [-0.2, -0.15) is 13.5 Å². The molecule has 0 aromatic heterocycles. The van der Waals surface area contributed by atoms with Gasteiger partial charge in [0.05, 0.1) is 11.5 Å². The molecule has 0 saturated carbocycles. The molecule has 33 heavy (non-hydrogen) atoms. The number of thioether (sulfide) groups is 1. The summed E-state index contributed by atoms with van der Waals surface area (Å²) in [5, 5.41) is 12.7. The molecular formula is C22H17Br2N3O4S2. The van der Waals surface area contributed by atoms with E-state index in [2.05, 4.69) is 47.4 Å². The molecule has 0 radical (unpaired) electrons. The Morgan fingerprint density at radius 2 is 1.94 bits per heavy atom. The van der Waals surface area contributed by atoms with Gasteiger partial charge in [-0.05, 0) is 57.4 Å². The largest absolute Gasteiger partial charge is 0.378 e. The lowest BCUT2D eigenvalue weighted by Crippen LogP contribution is -2.24. The minimum absolute atomic E-state index is 0.0103. The maximum absolute atomic E-state index is 13.1. The third-order valence-electron chi connectivity index (χ3n) is 4.78. The van der Waals surface area contributed by atoms with E-state index in [0.29, 0.717) is 26.1 Å². The van der Waals surface area contributed by atoms with Crippen LogP contribution in [0.15, 0.2) is 78.6 Å². The van der Waals surface area contributed by atoms with E-state index in [1.165, 1.54) is 24.0 Å². The average Bonchev–Trinajstić information content (AvgIpc) is 3.15. The fourth-order valence-electron chi connectivity index (χ4n) is 3.17. The van der Waals surface area contributed by atoms with Gasteiger partial charge in [0.25, 0.3) is 0 Å². The molecule has 11 heteroatoms. The van der Waals surface area contributed by atoms with Crippen LogP contribution in [0.3, 0.4) is 0 Å². The first-order valence-corrected chi connectivity index (χ1v) is 13.7. The monoisotopic (exact) mass is 609 g/mol. The Kier molecular flexibility index (Phi) is 7.22. The first-order chi connectivity index (χ1) is 15.8. The summed E-state index contributed by atoms with van der Waals surface area (Å²) in [4.78, 5) is 11.9. The van der Waals surface area contributed by atoms with Crippen molar-refractivity contribution >= 4 is 81.8 Å². The number of benzene rings is 3. The Bertz CT molecular complexity index is 1410. The molecule has 170 valence electrons. The third-order valence-corrected chi connectivity index (χ3v) is 8.74. The summed E-state index contributed by atoms with van der Waals surface area (Å²) in [6.45, 7) is 1.92. The molecule has 3 aromatic rings. The van der Waals surface area contributed by atoms with Crippen LogP contribution in [0.1, 0.15) is 18.9 Å². The molecule has 1 heterocycles. The first kappa shape index (κ1) is 23.9. The van der Waals surface area contributed by atoms with Gasteiger partial charge >= 0.3 is 10.1 Å². The number of carbonyl (C=O) groups excluding carboxylic acids is 1. The van der Waals surface area contributed by atoms with E-state index in [-0.39, 0.29) is 21.8 Å². The molecular weight excluding hydrogens is 594 g/mol. The number of amides is 1. The fourth-order valence-corrected chi connectivity index (χ4v) is 6.43. The lowest BCUT2D eigenvalue weighted by Gasteiger charge is -2.12. The third kappa shape index (κ3) is 5.32. The Hall–Kier alpha value is -2.21. The second-order valence-electron chi connectivity index (χ2n) is 6.96. The summed E-state index contributed by atoms with van der Waals surface area (Å²) in [7, 11) is -4.15. The predicted octanol–water partition coefficient (Wildman–Crippen LogP) is 5.46. The molecule has 1 aliphatic rings. The van der Waals surface area contributed by atoms with Crippen molar-refractivity contribution in [1.82, 2.24) is 5.32 Å². The summed E-state index contributed by atoms with van der Waals surface area (Å²) in [6, 6.07) is 15.6. The van der Waals surface area contributed by atoms with Crippen LogP contribution < -0.4 is 9.50 Å². The van der Waals surface area contributed by atoms with Gasteiger partial charge in [0.2, 0.25) is 5.91 Å². The molecule has 0 unspecified atom stereocenters. The Balaban J connectivity index is 1.73. The summed E-state index contributed by atoms with van der Waals surface area (Å²) in [5.41, 5.74) is 0.452. The highest BCUT2D eigenvalue weighted by molar-refractivity contribution is 9.11. The summed E-state index contributed by atoms with van der Waals surface area (Å²) >= 11 is 7.88. The van der Waals surface area contributed by atoms with E-state index in [9.17, 15) is 13.2 Å². The summed E-state index contributed by atoms with van der Waals surface area (Å²) < 4.78 is 32.6. The summed E-state index contributed by atoms with van der Waals surface area (Å²) in [6.07, 6.45) is 2.12. The van der Waals surface area contributed by atoms with Gasteiger partial charge in [-0.3, -0.25) is 4.79 Å². The van der Waals surface area contributed by atoms with Crippen molar-refractivity contribution in [2.75, 3.05) is 0 Å². The summed E-state index contributed by atoms with van der Waals surface area (Å²) in [5.74, 6) is 0.00963. The van der Waals surface area contributed by atoms with Gasteiger partial charge < -0.3 is 9.50 Å². The number of hydrogen-bond acceptors (Lipinski definition) is 7. The zero-order valence-electron chi connectivity index (χ0n) is 17.2. The molecule has 1 saturated heterocycles. The smallest absolute Gasteiger partial charge is 0.340 e. The van der Waals surface area contributed by atoms with Gasteiger partial charge in [-0.25, -0.2) is 0 Å². The number of nitrogens with one attached hydrogen (secondary N) is 1. The van der Waals surface area contributed by atoms with Crippen molar-refractivity contribution < 1.29 is 17.4 Å². The predicted molar refractivity (Wildman–Crippen MR) is 138 cm³/mol. The van der Waals surface area contributed by atoms with Crippen LogP contribution in [-0.4, -0.2) is 31.0 Å². The molecule has 1 aliphatic heterocycles. The minimum atomic E-state index is -4.15. The number of carbonyl (C=O) groups is 1. The molecule has 0 spiro atoms. The Morgan fingerprint density at radius 3 is 2.70 bits per heavy atom. The van der Waals surface area contributed by atoms with Crippen LogP contribution in [0.25, 0.3) is 10.8 Å². The molecule has 1 amide bonds. The lowest BCUT2D eigenvalue weighted by atomic mass is 10.0. The number of nitrogens with zero attached hydrogens (tertiary/aromatic N) is 2. The van der Waals surface area contributed by atoms with Crippen molar-refractivity contribution in [2.24, 2.45) is 10.2 Å². The number of hydrogen-bond donors (Lipinski definition) is 1. The maximum Gasteiger partial charge on any atom is 0.340 e. The minimum Gasteiger partial charge on any atom is -0.378 e. The maximum atomic E-state index is 13.1. The normalized spacial score (nSPS) is 17.7. The Labute approximate surface area is 212 Å². The van der Waals surface area contributed by atoms with E-state index < -0.39 is 10.1 Å². The number of rotatable bonds is 6. The highest BCUT2D eigenvalue weighted by Crippen LogP contribution is 2.32. The van der Waals surface area contributed by atoms with Crippen molar-refractivity contribution in [1.29, 1.82) is 0 Å². The van der Waals surface area contributed by atoms with Gasteiger partial charge in [0, 0.05) is 14.5 Å². The van der Waals surface area contributed by atoms with Gasteiger partial charge in [0.15, 0.2) is 10.9 Å². The lowest BCUT2D eigenvalue weighted by molar-refractivity contribution is -0.118. The van der Waals surface area contributed by atoms with Crippen LogP contribution >= 0.6 is 43.6 Å². The molecule has 7 nitrogen and oxygen atoms in total. The van der Waals surface area contributed by atoms with Crippen LogP contribution in [0.4, 0.5) is 0 Å². The second-order valence-corrected chi connectivity index (χ2v) is 11.4. The SMILES string of the molecule is CC[C@@H]1S/C(=N\N=C/c2c(OS(=O)(=O)c3cc(Br)ccc3Br)ccc3ccccc23)NC1=O. The van der Waals surface area contributed by atoms with Gasteiger partial charge in [-0.1, -0.05) is 64.9 Å². The first-order valence-electron chi connectivity index (χ1n) is 9.78. The van der Waals surface area contributed by atoms with Crippen LogP contribution in [-0.2, 0) is 14.9 Å². The topological polar surface area (TPSA) is 97.2 Å². The molecule has 1 atom stereocenters. The van der Waals surface area contributed by atoms with E-state index in [1.807, 2.05) is 31.2 Å². The number of fused-ring (bicyclic) bond motifs is 1. The fraction of sp³-hybridized carbons (Fsp3) is 0.136. The number of amidine groups is 1. The van der Waals surface area contributed by atoms with Gasteiger partial charge in [0.1, 0.15) is 4.90 Å². The molecule has 0 aliphatic carbocycles. The standard InChI is InChI=1S/C22H17Br2N3O4S2/c1-2-19-21(28)26-22(32-19)27-25-12-16-15-6-4-3-5-13(15)7-10-18(16)31-33(29,30)20-11-14(23)8-9-17(20)24/h3-12,19H,2H2,1H3,(H,26,27,28)/b25-12-/t19-/m0/s1. The van der Waals surface area contributed by atoms with Crippen LogP contribution in [0.5, 0.6) is 5.75 Å². The van der Waals surface area contributed by atoms with E-state index in [1.54, 1.807) is 24.3 Å². The van der Waals surface area contributed by atoms with Crippen molar-refractivity contribution in [3.05, 3.63) is 69.1 Å². The number of halogens is 2. The van der Waals surface area contributed by atoms with E-state index >= 15 is 0 Å². The van der Waals surface area contributed by atoms with Crippen molar-refractivity contribution in [3.8, 4) is 5.75 Å². The molecule has 1 N–H and O–H groups in total. The Morgan fingerprint density at radius 1 is 1.15 bits per heavy atom. The van der Waals surface area contributed by atoms with Gasteiger partial charge in [-0.15, -0.1) is 5.10 Å². The highest BCUT2D eigenvalue weighted by Gasteiger charge is 2.28. The molecule has 4 rings (SSSR count). The average molecular weight is 611 g/mol. The van der Waals surface area contributed by atoms with E-state index in [0.717, 1.165) is 10.8 Å². The zero-order chi connectivity index (χ0) is 23.6. The van der Waals surface area contributed by atoms with Crippen molar-refractivity contribution in [3.63, 3.8) is 0 Å². The van der Waals surface area contributed by atoms with Crippen LogP contribution in [0.2, 0.25) is 0 Å². The highest BCUT2D eigenvalue weighted by atomic mass is 79.9. The van der Waals surface area contributed by atoms with E-state index in [4.69, 9.17) is 4.18 Å². The van der Waals surface area contributed by atoms with Crippen LogP contribution in [0, 0.1) is 0 Å². The molecule has 0 bridgehead atoms. The van der Waals surface area contributed by atoms with Crippen molar-refractivity contribution in [2.45, 2.75) is 23.5 Å². The zero-order valence-corrected chi connectivity index (χ0v) is 22.0. The molecule has 1 fully saturated rings.